The molecule has 0 saturated heterocycles. The van der Waals surface area contributed by atoms with Crippen LogP contribution >= 0.6 is 0 Å². The molecule has 2 N–H and O–H groups in total. The van der Waals surface area contributed by atoms with E-state index >= 15 is 0 Å². The molecule has 6 heteroatoms. The van der Waals surface area contributed by atoms with Crippen LogP contribution in [-0.4, -0.2) is 22.9 Å². The standard InChI is InChI=1S/C14H15N3O3/c1-8-11(9(2)17-16-8)6-15-14(18)10-3-4-12-13(5-10)20-7-19-12/h3-5H,6-7H2,1-2H3,(H,15,18)(H,16,17). The van der Waals surface area contributed by atoms with Crippen LogP contribution < -0.4 is 14.8 Å². The lowest BCUT2D eigenvalue weighted by Gasteiger charge is -2.06. The van der Waals surface area contributed by atoms with E-state index in [1.807, 2.05) is 13.8 Å². The second-order valence-corrected chi connectivity index (χ2v) is 4.66. The maximum Gasteiger partial charge on any atom is 0.251 e. The average Bonchev–Trinajstić information content (AvgIpc) is 3.03. The molecule has 1 aliphatic rings. The number of nitrogens with one attached hydrogen (secondary N) is 2. The third kappa shape index (κ3) is 2.20. The maximum atomic E-state index is 12.1. The fraction of sp³-hybridized carbons (Fsp3) is 0.286. The number of rotatable bonds is 3. The highest BCUT2D eigenvalue weighted by Gasteiger charge is 2.16. The molecule has 0 bridgehead atoms. The van der Waals surface area contributed by atoms with E-state index in [4.69, 9.17) is 9.47 Å². The van der Waals surface area contributed by atoms with Crippen molar-refractivity contribution >= 4 is 5.91 Å². The Labute approximate surface area is 116 Å². The molecule has 3 rings (SSSR count). The number of carbonyl (C=O) groups excluding carboxylic acids is 1. The molecule has 104 valence electrons. The highest BCUT2D eigenvalue weighted by atomic mass is 16.7. The number of aromatic amines is 1. The number of aromatic nitrogens is 2. The van der Waals surface area contributed by atoms with Gasteiger partial charge in [0, 0.05) is 23.4 Å². The lowest BCUT2D eigenvalue weighted by atomic mass is 10.1. The summed E-state index contributed by atoms with van der Waals surface area (Å²) in [6.07, 6.45) is 0. The van der Waals surface area contributed by atoms with Gasteiger partial charge in [0.05, 0.1) is 5.69 Å². The predicted octanol–water partition coefficient (Wildman–Crippen LogP) is 1.69. The summed E-state index contributed by atoms with van der Waals surface area (Å²) < 4.78 is 10.5. The van der Waals surface area contributed by atoms with Gasteiger partial charge in [-0.1, -0.05) is 0 Å². The number of ether oxygens (including phenoxy) is 2. The number of benzene rings is 1. The van der Waals surface area contributed by atoms with Crippen LogP contribution in [0.15, 0.2) is 18.2 Å². The Morgan fingerprint density at radius 3 is 2.90 bits per heavy atom. The predicted molar refractivity (Wildman–Crippen MR) is 71.8 cm³/mol. The minimum atomic E-state index is -0.150. The number of hydrogen-bond acceptors (Lipinski definition) is 4. The van der Waals surface area contributed by atoms with Crippen molar-refractivity contribution in [3.63, 3.8) is 0 Å². The van der Waals surface area contributed by atoms with Gasteiger partial charge in [-0.05, 0) is 32.0 Å². The highest BCUT2D eigenvalue weighted by Crippen LogP contribution is 2.32. The topological polar surface area (TPSA) is 76.2 Å². The second kappa shape index (κ2) is 4.88. The van der Waals surface area contributed by atoms with E-state index in [-0.39, 0.29) is 12.7 Å². The van der Waals surface area contributed by atoms with Crippen molar-refractivity contribution in [1.29, 1.82) is 0 Å². The molecule has 1 amide bonds. The van der Waals surface area contributed by atoms with Crippen LogP contribution in [-0.2, 0) is 6.54 Å². The fourth-order valence-corrected chi connectivity index (χ4v) is 2.14. The van der Waals surface area contributed by atoms with Crippen molar-refractivity contribution in [2.45, 2.75) is 20.4 Å². The number of fused-ring (bicyclic) bond motifs is 1. The van der Waals surface area contributed by atoms with E-state index in [2.05, 4.69) is 15.5 Å². The molecule has 1 aromatic carbocycles. The summed E-state index contributed by atoms with van der Waals surface area (Å²) in [5.41, 5.74) is 3.43. The summed E-state index contributed by atoms with van der Waals surface area (Å²) in [6.45, 7) is 4.49. The summed E-state index contributed by atoms with van der Waals surface area (Å²) >= 11 is 0. The van der Waals surface area contributed by atoms with E-state index < -0.39 is 0 Å². The van der Waals surface area contributed by atoms with Crippen LogP contribution in [0.5, 0.6) is 11.5 Å². The van der Waals surface area contributed by atoms with Gasteiger partial charge in [0.1, 0.15) is 0 Å². The molecule has 2 heterocycles. The largest absolute Gasteiger partial charge is 0.454 e. The monoisotopic (exact) mass is 273 g/mol. The fourth-order valence-electron chi connectivity index (χ4n) is 2.14. The zero-order valence-corrected chi connectivity index (χ0v) is 11.3. The quantitative estimate of drug-likeness (QED) is 0.892. The zero-order valence-electron chi connectivity index (χ0n) is 11.3. The van der Waals surface area contributed by atoms with Crippen LogP contribution in [0.25, 0.3) is 0 Å². The van der Waals surface area contributed by atoms with Crippen LogP contribution in [0.4, 0.5) is 0 Å². The van der Waals surface area contributed by atoms with Crippen LogP contribution in [0, 0.1) is 13.8 Å². The average molecular weight is 273 g/mol. The van der Waals surface area contributed by atoms with Crippen molar-refractivity contribution in [3.8, 4) is 11.5 Å². The summed E-state index contributed by atoms with van der Waals surface area (Å²) in [5.74, 6) is 1.12. The van der Waals surface area contributed by atoms with Gasteiger partial charge in [0.2, 0.25) is 6.79 Å². The van der Waals surface area contributed by atoms with Crippen molar-refractivity contribution in [2.75, 3.05) is 6.79 Å². The van der Waals surface area contributed by atoms with E-state index in [0.717, 1.165) is 17.0 Å². The molecule has 0 atom stereocenters. The van der Waals surface area contributed by atoms with Gasteiger partial charge in [-0.25, -0.2) is 0 Å². The Morgan fingerprint density at radius 2 is 2.15 bits per heavy atom. The molecule has 6 nitrogen and oxygen atoms in total. The molecule has 20 heavy (non-hydrogen) atoms. The summed E-state index contributed by atoms with van der Waals surface area (Å²) in [5, 5.41) is 9.88. The molecule has 1 aromatic heterocycles. The van der Waals surface area contributed by atoms with E-state index in [9.17, 15) is 4.79 Å². The Morgan fingerprint density at radius 1 is 1.35 bits per heavy atom. The van der Waals surface area contributed by atoms with Gasteiger partial charge in [-0.15, -0.1) is 0 Å². The Balaban J connectivity index is 1.71. The van der Waals surface area contributed by atoms with Gasteiger partial charge in [0.25, 0.3) is 5.91 Å². The summed E-state index contributed by atoms with van der Waals surface area (Å²) in [6, 6.07) is 5.15. The number of H-pyrrole nitrogens is 1. The van der Waals surface area contributed by atoms with Gasteiger partial charge in [0.15, 0.2) is 11.5 Å². The summed E-state index contributed by atoms with van der Waals surface area (Å²) in [4.78, 5) is 12.1. The Bertz CT molecular complexity index is 644. The first-order valence-electron chi connectivity index (χ1n) is 6.33. The van der Waals surface area contributed by atoms with Gasteiger partial charge in [-0.3, -0.25) is 9.89 Å². The first-order chi connectivity index (χ1) is 9.65. The lowest BCUT2D eigenvalue weighted by Crippen LogP contribution is -2.23. The Kier molecular flexibility index (Phi) is 3.06. The number of nitrogens with zero attached hydrogens (tertiary/aromatic N) is 1. The first-order valence-corrected chi connectivity index (χ1v) is 6.33. The molecule has 0 aliphatic carbocycles. The van der Waals surface area contributed by atoms with Crippen LogP contribution in [0.1, 0.15) is 27.3 Å². The zero-order chi connectivity index (χ0) is 14.1. The molecule has 2 aromatic rings. The van der Waals surface area contributed by atoms with Crippen LogP contribution in [0.3, 0.4) is 0 Å². The van der Waals surface area contributed by atoms with Crippen molar-refractivity contribution < 1.29 is 14.3 Å². The minimum absolute atomic E-state index is 0.150. The van der Waals surface area contributed by atoms with Gasteiger partial charge < -0.3 is 14.8 Å². The number of hydrogen-bond donors (Lipinski definition) is 2. The summed E-state index contributed by atoms with van der Waals surface area (Å²) in [7, 11) is 0. The smallest absolute Gasteiger partial charge is 0.251 e. The van der Waals surface area contributed by atoms with Crippen molar-refractivity contribution in [3.05, 3.63) is 40.7 Å². The Hall–Kier alpha value is -2.50. The normalized spacial score (nSPS) is 12.5. The number of carbonyl (C=O) groups is 1. The van der Waals surface area contributed by atoms with Crippen molar-refractivity contribution in [2.24, 2.45) is 0 Å². The molecule has 0 saturated carbocycles. The van der Waals surface area contributed by atoms with E-state index in [1.54, 1.807) is 18.2 Å². The second-order valence-electron chi connectivity index (χ2n) is 4.66. The number of aryl methyl sites for hydroxylation is 2. The van der Waals surface area contributed by atoms with Gasteiger partial charge in [-0.2, -0.15) is 5.10 Å². The first kappa shape index (κ1) is 12.5. The van der Waals surface area contributed by atoms with Gasteiger partial charge >= 0.3 is 0 Å². The van der Waals surface area contributed by atoms with E-state index in [1.165, 1.54) is 0 Å². The molecule has 0 radical (unpaired) electrons. The molecular weight excluding hydrogens is 258 g/mol. The lowest BCUT2D eigenvalue weighted by molar-refractivity contribution is 0.0950. The molecule has 0 unspecified atom stereocenters. The highest BCUT2D eigenvalue weighted by molar-refractivity contribution is 5.94. The minimum Gasteiger partial charge on any atom is -0.454 e. The molecule has 0 fully saturated rings. The van der Waals surface area contributed by atoms with Crippen LogP contribution in [0.2, 0.25) is 0 Å². The SMILES string of the molecule is Cc1n[nH]c(C)c1CNC(=O)c1ccc2c(c1)OCO2. The van der Waals surface area contributed by atoms with Crippen molar-refractivity contribution in [1.82, 2.24) is 15.5 Å². The maximum absolute atomic E-state index is 12.1. The number of amides is 1. The third-order valence-corrected chi connectivity index (χ3v) is 3.34. The molecule has 1 aliphatic heterocycles. The molecule has 0 spiro atoms. The third-order valence-electron chi connectivity index (χ3n) is 3.34. The molecular formula is C14H15N3O3. The van der Waals surface area contributed by atoms with E-state index in [0.29, 0.717) is 23.6 Å².